The summed E-state index contributed by atoms with van der Waals surface area (Å²) in [5.41, 5.74) is 0.919. The van der Waals surface area contributed by atoms with Gasteiger partial charge in [0.25, 0.3) is 0 Å². The molecule has 2 aromatic rings. The highest BCUT2D eigenvalue weighted by molar-refractivity contribution is 7.90. The van der Waals surface area contributed by atoms with Crippen molar-refractivity contribution in [3.63, 3.8) is 0 Å². The smallest absolute Gasteiger partial charge is 0.202 e. The van der Waals surface area contributed by atoms with E-state index in [-0.39, 0.29) is 10.8 Å². The Morgan fingerprint density at radius 2 is 2.06 bits per heavy atom. The van der Waals surface area contributed by atoms with Crippen molar-refractivity contribution in [3.05, 3.63) is 36.0 Å². The van der Waals surface area contributed by atoms with Gasteiger partial charge in [-0.3, -0.25) is 4.68 Å². The van der Waals surface area contributed by atoms with E-state index in [1.165, 1.54) is 23.3 Å². The van der Waals surface area contributed by atoms with Crippen molar-refractivity contribution < 1.29 is 8.42 Å². The number of pyridine rings is 1. The van der Waals surface area contributed by atoms with Crippen molar-refractivity contribution in [2.45, 2.75) is 17.7 Å². The zero-order valence-electron chi connectivity index (χ0n) is 9.53. The molecule has 0 unspecified atom stereocenters. The molecule has 0 aliphatic rings. The van der Waals surface area contributed by atoms with Gasteiger partial charge in [-0.1, -0.05) is 6.07 Å². The molecule has 6 nitrogen and oxygen atoms in total. The van der Waals surface area contributed by atoms with E-state index < -0.39 is 9.84 Å². The number of aryl methyl sites for hydroxylation is 2. The van der Waals surface area contributed by atoms with Crippen LogP contribution in [0.25, 0.3) is 0 Å². The van der Waals surface area contributed by atoms with Gasteiger partial charge in [0.2, 0.25) is 9.84 Å². The van der Waals surface area contributed by atoms with E-state index >= 15 is 0 Å². The molecule has 0 saturated carbocycles. The third kappa shape index (κ3) is 2.50. The fourth-order valence-corrected chi connectivity index (χ4v) is 2.57. The third-order valence-corrected chi connectivity index (χ3v) is 3.84. The first kappa shape index (κ1) is 11.7. The van der Waals surface area contributed by atoms with Gasteiger partial charge in [0.15, 0.2) is 5.03 Å². The van der Waals surface area contributed by atoms with Crippen molar-refractivity contribution in [2.75, 3.05) is 0 Å². The molecule has 0 aliphatic heterocycles. The largest absolute Gasteiger partial charge is 0.252 e. The molecule has 0 bridgehead atoms. The van der Waals surface area contributed by atoms with Crippen molar-refractivity contribution >= 4 is 9.84 Å². The molecule has 2 rings (SSSR count). The molecule has 17 heavy (non-hydrogen) atoms. The van der Waals surface area contributed by atoms with Gasteiger partial charge in [0.05, 0.1) is 0 Å². The van der Waals surface area contributed by atoms with Crippen LogP contribution in [0.3, 0.4) is 0 Å². The number of aromatic nitrogens is 4. The molecular formula is C10H12N4O2S. The van der Waals surface area contributed by atoms with E-state index in [4.69, 9.17) is 0 Å². The van der Waals surface area contributed by atoms with E-state index in [9.17, 15) is 8.42 Å². The van der Waals surface area contributed by atoms with Crippen LogP contribution >= 0.6 is 0 Å². The molecular weight excluding hydrogens is 240 g/mol. The second-order valence-electron chi connectivity index (χ2n) is 3.73. The van der Waals surface area contributed by atoms with Gasteiger partial charge in [0.1, 0.15) is 17.9 Å². The van der Waals surface area contributed by atoms with Gasteiger partial charge >= 0.3 is 0 Å². The van der Waals surface area contributed by atoms with Gasteiger partial charge in [-0.25, -0.2) is 18.4 Å². The van der Waals surface area contributed by atoms with Crippen LogP contribution in [0.1, 0.15) is 11.4 Å². The van der Waals surface area contributed by atoms with Crippen LogP contribution in [0, 0.1) is 6.92 Å². The fourth-order valence-electron chi connectivity index (χ4n) is 1.33. The molecule has 0 N–H and O–H groups in total. The summed E-state index contributed by atoms with van der Waals surface area (Å²) in [6.07, 6.45) is 2.86. The van der Waals surface area contributed by atoms with E-state index in [2.05, 4.69) is 15.1 Å². The van der Waals surface area contributed by atoms with E-state index in [0.29, 0.717) is 5.82 Å². The molecule has 0 spiro atoms. The van der Waals surface area contributed by atoms with Gasteiger partial charge in [-0.05, 0) is 18.6 Å². The average molecular weight is 252 g/mol. The number of hydrogen-bond donors (Lipinski definition) is 0. The van der Waals surface area contributed by atoms with E-state index in [0.717, 1.165) is 5.56 Å². The van der Waals surface area contributed by atoms with Gasteiger partial charge in [0, 0.05) is 13.2 Å². The van der Waals surface area contributed by atoms with Crippen LogP contribution in [0.2, 0.25) is 0 Å². The number of sulfone groups is 1. The Kier molecular flexibility index (Phi) is 2.93. The van der Waals surface area contributed by atoms with Crippen LogP contribution in [0.4, 0.5) is 0 Å². The van der Waals surface area contributed by atoms with Gasteiger partial charge in [-0.15, -0.1) is 0 Å². The van der Waals surface area contributed by atoms with Crippen molar-refractivity contribution in [1.29, 1.82) is 0 Å². The molecule has 0 fully saturated rings. The SMILES string of the molecule is Cc1ccc(S(=O)(=O)Cc2ncnn2C)nc1. The summed E-state index contributed by atoms with van der Waals surface area (Å²) in [7, 11) is -1.80. The molecule has 0 aromatic carbocycles. The zero-order valence-corrected chi connectivity index (χ0v) is 10.3. The Labute approximate surface area is 99.3 Å². The molecule has 2 heterocycles. The standard InChI is InChI=1S/C10H12N4O2S/c1-8-3-4-10(11-5-8)17(15,16)6-9-12-7-13-14(9)2/h3-5,7H,6H2,1-2H3. The predicted molar refractivity (Wildman–Crippen MR) is 60.9 cm³/mol. The lowest BCUT2D eigenvalue weighted by molar-refractivity contribution is 0.587. The fraction of sp³-hybridized carbons (Fsp3) is 0.300. The summed E-state index contributed by atoms with van der Waals surface area (Å²) in [5, 5.41) is 3.89. The quantitative estimate of drug-likeness (QED) is 0.794. The minimum absolute atomic E-state index is 0.0612. The summed E-state index contributed by atoms with van der Waals surface area (Å²) in [6.45, 7) is 1.85. The third-order valence-electron chi connectivity index (χ3n) is 2.33. The first-order valence-electron chi connectivity index (χ1n) is 4.97. The van der Waals surface area contributed by atoms with Gasteiger partial charge < -0.3 is 0 Å². The molecule has 0 saturated heterocycles. The molecule has 0 radical (unpaired) electrons. The predicted octanol–water partition coefficient (Wildman–Crippen LogP) is 0.492. The summed E-state index contributed by atoms with van der Waals surface area (Å²) >= 11 is 0. The van der Waals surface area contributed by atoms with Crippen LogP contribution in [-0.2, 0) is 22.6 Å². The first-order chi connectivity index (χ1) is 7.99. The topological polar surface area (TPSA) is 77.7 Å². The van der Waals surface area contributed by atoms with Crippen LogP contribution in [-0.4, -0.2) is 28.2 Å². The van der Waals surface area contributed by atoms with Crippen LogP contribution in [0.5, 0.6) is 0 Å². The molecule has 0 atom stereocenters. The lowest BCUT2D eigenvalue weighted by atomic mass is 10.3. The summed E-state index contributed by atoms with van der Waals surface area (Å²) in [6, 6.07) is 3.22. The summed E-state index contributed by atoms with van der Waals surface area (Å²) in [4.78, 5) is 7.80. The maximum atomic E-state index is 12.0. The number of rotatable bonds is 3. The second kappa shape index (κ2) is 4.25. The molecule has 90 valence electrons. The van der Waals surface area contributed by atoms with E-state index in [1.807, 2.05) is 6.92 Å². The van der Waals surface area contributed by atoms with Crippen LogP contribution in [0.15, 0.2) is 29.7 Å². The first-order valence-corrected chi connectivity index (χ1v) is 6.62. The number of nitrogens with zero attached hydrogens (tertiary/aromatic N) is 4. The molecule has 7 heteroatoms. The lowest BCUT2D eigenvalue weighted by Gasteiger charge is -2.03. The zero-order chi connectivity index (χ0) is 12.5. The highest BCUT2D eigenvalue weighted by atomic mass is 32.2. The monoisotopic (exact) mass is 252 g/mol. The minimum Gasteiger partial charge on any atom is -0.252 e. The van der Waals surface area contributed by atoms with E-state index in [1.54, 1.807) is 13.1 Å². The minimum atomic E-state index is -3.46. The number of hydrogen-bond acceptors (Lipinski definition) is 5. The Morgan fingerprint density at radius 1 is 1.29 bits per heavy atom. The Bertz CT molecular complexity index is 616. The van der Waals surface area contributed by atoms with Crippen molar-refractivity contribution in [3.8, 4) is 0 Å². The highest BCUT2D eigenvalue weighted by Crippen LogP contribution is 2.12. The highest BCUT2D eigenvalue weighted by Gasteiger charge is 2.19. The maximum Gasteiger partial charge on any atom is 0.202 e. The van der Waals surface area contributed by atoms with Gasteiger partial charge in [-0.2, -0.15) is 5.10 Å². The molecule has 2 aromatic heterocycles. The Balaban J connectivity index is 2.31. The van der Waals surface area contributed by atoms with Crippen molar-refractivity contribution in [2.24, 2.45) is 7.05 Å². The van der Waals surface area contributed by atoms with Crippen molar-refractivity contribution in [1.82, 2.24) is 19.7 Å². The normalized spacial score (nSPS) is 11.6. The summed E-state index contributed by atoms with van der Waals surface area (Å²) < 4.78 is 25.5. The maximum absolute atomic E-state index is 12.0. The van der Waals surface area contributed by atoms with Crippen LogP contribution < -0.4 is 0 Å². The molecule has 0 aliphatic carbocycles. The Morgan fingerprint density at radius 3 is 2.59 bits per heavy atom. The Hall–Kier alpha value is -1.76. The second-order valence-corrected chi connectivity index (χ2v) is 5.67. The summed E-state index contributed by atoms with van der Waals surface area (Å²) in [5.74, 6) is 0.201. The molecule has 0 amide bonds. The lowest BCUT2D eigenvalue weighted by Crippen LogP contribution is -2.11. The average Bonchev–Trinajstić information content (AvgIpc) is 2.64.